The number of amides is 2. The second-order valence-corrected chi connectivity index (χ2v) is 10.1. The highest BCUT2D eigenvalue weighted by molar-refractivity contribution is 9.10. The van der Waals surface area contributed by atoms with Crippen molar-refractivity contribution in [2.45, 2.75) is 77.0 Å². The van der Waals surface area contributed by atoms with E-state index >= 15 is 0 Å². The molecule has 3 atom stereocenters. The molecule has 2 heterocycles. The summed E-state index contributed by atoms with van der Waals surface area (Å²) in [5.41, 5.74) is 0.504. The topological polar surface area (TPSA) is 71.5 Å². The average Bonchev–Trinajstić information content (AvgIpc) is 3.44. The van der Waals surface area contributed by atoms with Gasteiger partial charge in [0.1, 0.15) is 22.1 Å². The van der Waals surface area contributed by atoms with Gasteiger partial charge in [-0.05, 0) is 85.3 Å². The molecular formula is C20H26BrN3O3. The number of likely N-dealkylation sites (tertiary alicyclic amines) is 1. The van der Waals surface area contributed by atoms with Crippen molar-refractivity contribution in [3.05, 3.63) is 22.3 Å². The number of nitrogens with zero attached hydrogens (tertiary/aromatic N) is 2. The summed E-state index contributed by atoms with van der Waals surface area (Å²) in [7, 11) is 0. The maximum absolute atomic E-state index is 13.1. The number of rotatable bonds is 3. The van der Waals surface area contributed by atoms with Crippen LogP contribution in [0.5, 0.6) is 0 Å². The lowest BCUT2D eigenvalue weighted by atomic mass is 10.0. The van der Waals surface area contributed by atoms with Crippen molar-refractivity contribution < 1.29 is 14.3 Å². The van der Waals surface area contributed by atoms with Gasteiger partial charge in [-0.3, -0.25) is 9.69 Å². The van der Waals surface area contributed by atoms with E-state index in [0.717, 1.165) is 24.8 Å². The van der Waals surface area contributed by atoms with Crippen LogP contribution < -0.4 is 5.32 Å². The van der Waals surface area contributed by atoms with Gasteiger partial charge in [0, 0.05) is 6.04 Å². The first kappa shape index (κ1) is 18.7. The minimum absolute atomic E-state index is 0.0168. The lowest BCUT2D eigenvalue weighted by Gasteiger charge is -2.30. The highest BCUT2D eigenvalue weighted by Gasteiger charge is 2.65. The molecule has 3 fully saturated rings. The normalized spacial score (nSPS) is 29.3. The van der Waals surface area contributed by atoms with E-state index in [1.54, 1.807) is 4.90 Å². The molecular weight excluding hydrogens is 410 g/mol. The Morgan fingerprint density at radius 3 is 2.63 bits per heavy atom. The van der Waals surface area contributed by atoms with E-state index in [1.807, 2.05) is 32.9 Å². The summed E-state index contributed by atoms with van der Waals surface area (Å²) >= 11 is 3.39. The van der Waals surface area contributed by atoms with E-state index in [4.69, 9.17) is 4.74 Å². The Hall–Kier alpha value is -1.63. The molecule has 1 saturated heterocycles. The summed E-state index contributed by atoms with van der Waals surface area (Å²) in [6.45, 7) is 7.66. The molecule has 1 aromatic heterocycles. The van der Waals surface area contributed by atoms with Gasteiger partial charge >= 0.3 is 6.09 Å². The Kier molecular flexibility index (Phi) is 4.29. The fraction of sp³-hybridized carbons (Fsp3) is 0.650. The lowest BCUT2D eigenvalue weighted by Crippen LogP contribution is -2.47. The first-order chi connectivity index (χ1) is 12.6. The largest absolute Gasteiger partial charge is 0.444 e. The third-order valence-electron chi connectivity index (χ3n) is 5.69. The Balaban J connectivity index is 1.54. The molecule has 1 aliphatic heterocycles. The minimum atomic E-state index is -0.586. The fourth-order valence-electron chi connectivity index (χ4n) is 4.05. The predicted molar refractivity (Wildman–Crippen MR) is 106 cm³/mol. The molecule has 7 heteroatoms. The third-order valence-corrected chi connectivity index (χ3v) is 6.14. The maximum atomic E-state index is 13.1. The van der Waals surface area contributed by atoms with Crippen molar-refractivity contribution in [2.75, 3.05) is 5.32 Å². The lowest BCUT2D eigenvalue weighted by molar-refractivity contribution is -0.121. The number of carbonyl (C=O) groups excluding carboxylic acids is 2. The zero-order valence-corrected chi connectivity index (χ0v) is 17.8. The van der Waals surface area contributed by atoms with Crippen LogP contribution >= 0.6 is 15.9 Å². The molecule has 1 aromatic rings. The highest BCUT2D eigenvalue weighted by Crippen LogP contribution is 2.59. The average molecular weight is 436 g/mol. The second kappa shape index (κ2) is 6.19. The van der Waals surface area contributed by atoms with Gasteiger partial charge in [0.15, 0.2) is 0 Å². The Morgan fingerprint density at radius 2 is 2.00 bits per heavy atom. The zero-order valence-electron chi connectivity index (χ0n) is 16.2. The summed E-state index contributed by atoms with van der Waals surface area (Å²) in [5, 5.41) is 2.99. The fourth-order valence-corrected chi connectivity index (χ4v) is 4.36. The molecule has 1 N–H and O–H groups in total. The van der Waals surface area contributed by atoms with Crippen LogP contribution in [0.2, 0.25) is 0 Å². The number of anilines is 1. The number of carbonyl (C=O) groups is 2. The quantitative estimate of drug-likeness (QED) is 0.711. The Bertz CT molecular complexity index is 802. The van der Waals surface area contributed by atoms with E-state index in [-0.39, 0.29) is 17.4 Å². The van der Waals surface area contributed by atoms with Crippen LogP contribution in [0.25, 0.3) is 0 Å². The summed E-state index contributed by atoms with van der Waals surface area (Å²) in [6.07, 6.45) is 3.44. The number of halogens is 1. The van der Waals surface area contributed by atoms with E-state index in [9.17, 15) is 9.59 Å². The first-order valence-electron chi connectivity index (χ1n) is 9.56. The minimum Gasteiger partial charge on any atom is -0.444 e. The van der Waals surface area contributed by atoms with Crippen LogP contribution in [-0.4, -0.2) is 39.6 Å². The molecule has 27 heavy (non-hydrogen) atoms. The third kappa shape index (κ3) is 3.71. The second-order valence-electron chi connectivity index (χ2n) is 9.32. The van der Waals surface area contributed by atoms with Crippen molar-refractivity contribution >= 4 is 33.7 Å². The molecule has 6 nitrogen and oxygen atoms in total. The molecule has 2 aliphatic carbocycles. The Morgan fingerprint density at radius 1 is 1.30 bits per heavy atom. The molecule has 3 aliphatic rings. The standard InChI is InChI=1S/C20H26BrN3O3/c1-19(2,3)27-18(26)24-13(9-20(4)10-14(20)24)17(25)23-16-12(11-5-6-11)7-8-15(21)22-16/h7-8,11,13-14H,5-6,9-10H2,1-4H3,(H,22,23,25). The zero-order chi connectivity index (χ0) is 19.6. The van der Waals surface area contributed by atoms with Gasteiger partial charge in [0.05, 0.1) is 0 Å². The van der Waals surface area contributed by atoms with Crippen LogP contribution in [-0.2, 0) is 9.53 Å². The van der Waals surface area contributed by atoms with Crippen molar-refractivity contribution in [3.63, 3.8) is 0 Å². The van der Waals surface area contributed by atoms with Gasteiger partial charge in [-0.1, -0.05) is 13.0 Å². The molecule has 146 valence electrons. The van der Waals surface area contributed by atoms with Gasteiger partial charge in [-0.15, -0.1) is 0 Å². The van der Waals surface area contributed by atoms with Crippen molar-refractivity contribution in [1.82, 2.24) is 9.88 Å². The Labute approximate surface area is 168 Å². The van der Waals surface area contributed by atoms with Crippen LogP contribution in [0.3, 0.4) is 0 Å². The van der Waals surface area contributed by atoms with E-state index < -0.39 is 17.7 Å². The first-order valence-corrected chi connectivity index (χ1v) is 10.4. The number of pyridine rings is 1. The number of ether oxygens (including phenoxy) is 1. The molecule has 3 unspecified atom stereocenters. The summed E-state index contributed by atoms with van der Waals surface area (Å²) in [5.74, 6) is 0.894. The smallest absolute Gasteiger partial charge is 0.411 e. The van der Waals surface area contributed by atoms with Gasteiger partial charge < -0.3 is 10.1 Å². The van der Waals surface area contributed by atoms with Gasteiger partial charge in [-0.2, -0.15) is 0 Å². The van der Waals surface area contributed by atoms with Crippen molar-refractivity contribution in [2.24, 2.45) is 5.41 Å². The van der Waals surface area contributed by atoms with E-state index in [2.05, 4.69) is 33.2 Å². The summed E-state index contributed by atoms with van der Waals surface area (Å²) in [4.78, 5) is 32.0. The number of nitrogens with one attached hydrogen (secondary N) is 1. The molecule has 0 spiro atoms. The van der Waals surface area contributed by atoms with Crippen LogP contribution in [0.4, 0.5) is 10.6 Å². The van der Waals surface area contributed by atoms with E-state index in [0.29, 0.717) is 22.8 Å². The van der Waals surface area contributed by atoms with E-state index in [1.165, 1.54) is 0 Å². The number of hydrogen-bond donors (Lipinski definition) is 1. The number of hydrogen-bond acceptors (Lipinski definition) is 4. The van der Waals surface area contributed by atoms with Crippen LogP contribution in [0, 0.1) is 5.41 Å². The molecule has 0 bridgehead atoms. The summed E-state index contributed by atoms with van der Waals surface area (Å²) < 4.78 is 6.26. The molecule has 0 radical (unpaired) electrons. The molecule has 0 aromatic carbocycles. The number of piperidine rings is 1. The number of aromatic nitrogens is 1. The predicted octanol–water partition coefficient (Wildman–Crippen LogP) is 4.45. The van der Waals surface area contributed by atoms with Gasteiger partial charge in [0.25, 0.3) is 0 Å². The highest BCUT2D eigenvalue weighted by atomic mass is 79.9. The van der Waals surface area contributed by atoms with Crippen LogP contribution in [0.1, 0.15) is 64.9 Å². The van der Waals surface area contributed by atoms with Crippen LogP contribution in [0.15, 0.2) is 16.7 Å². The van der Waals surface area contributed by atoms with Gasteiger partial charge in [-0.25, -0.2) is 9.78 Å². The van der Waals surface area contributed by atoms with Crippen molar-refractivity contribution in [3.8, 4) is 0 Å². The molecule has 4 rings (SSSR count). The number of fused-ring (bicyclic) bond motifs is 1. The summed E-state index contributed by atoms with van der Waals surface area (Å²) in [6, 6.07) is 3.49. The van der Waals surface area contributed by atoms with Crippen molar-refractivity contribution in [1.29, 1.82) is 0 Å². The van der Waals surface area contributed by atoms with Gasteiger partial charge in [0.2, 0.25) is 5.91 Å². The molecule has 2 saturated carbocycles. The maximum Gasteiger partial charge on any atom is 0.411 e. The SMILES string of the molecule is CC(C)(C)OC(=O)N1C(C(=O)Nc2nc(Br)ccc2C2CC2)CC2(C)CC12. The monoisotopic (exact) mass is 435 g/mol. The molecule has 2 amide bonds.